The maximum Gasteiger partial charge on any atom is 0.247 e. The molecule has 5 rings (SSSR count). The summed E-state index contributed by atoms with van der Waals surface area (Å²) in [5.74, 6) is -1.25. The van der Waals surface area contributed by atoms with E-state index in [0.29, 0.717) is 49.5 Å². The third-order valence-electron chi connectivity index (χ3n) is 8.57. The first-order valence-corrected chi connectivity index (χ1v) is 15.0. The number of rotatable bonds is 13. The van der Waals surface area contributed by atoms with Crippen LogP contribution < -0.4 is 10.6 Å². The normalized spacial score (nSPS) is 16.5. The average molecular weight is 630 g/mol. The summed E-state index contributed by atoms with van der Waals surface area (Å²) in [6, 6.07) is 11.3. The van der Waals surface area contributed by atoms with Gasteiger partial charge < -0.3 is 10.1 Å². The quantitative estimate of drug-likeness (QED) is 0.191. The molecule has 2 unspecified atom stereocenters. The fourth-order valence-electron chi connectivity index (χ4n) is 6.18. The lowest BCUT2D eigenvalue weighted by Gasteiger charge is -2.33. The molecule has 2 atom stereocenters. The molecule has 12 heteroatoms. The van der Waals surface area contributed by atoms with Gasteiger partial charge >= 0.3 is 0 Å². The van der Waals surface area contributed by atoms with Crippen molar-refractivity contribution in [3.05, 3.63) is 87.8 Å². The van der Waals surface area contributed by atoms with Crippen LogP contribution in [0.25, 0.3) is 10.9 Å². The summed E-state index contributed by atoms with van der Waals surface area (Å²) >= 11 is 6.60. The zero-order valence-corrected chi connectivity index (χ0v) is 26.2. The van der Waals surface area contributed by atoms with Crippen molar-refractivity contribution in [2.45, 2.75) is 44.3 Å². The van der Waals surface area contributed by atoms with Crippen LogP contribution in [0, 0.1) is 5.92 Å². The molecular formula is C33H36ClN7O4. The van der Waals surface area contributed by atoms with E-state index in [1.807, 2.05) is 42.3 Å². The number of likely N-dealkylation sites (N-methyl/N-ethyl adjacent to an activating group) is 1. The highest BCUT2D eigenvalue weighted by atomic mass is 35.5. The third kappa shape index (κ3) is 6.95. The predicted molar refractivity (Wildman–Crippen MR) is 171 cm³/mol. The van der Waals surface area contributed by atoms with E-state index in [4.69, 9.17) is 11.6 Å². The van der Waals surface area contributed by atoms with Gasteiger partial charge in [-0.05, 0) is 85.7 Å². The van der Waals surface area contributed by atoms with Crippen molar-refractivity contribution in [2.24, 2.45) is 5.92 Å². The molecule has 4 aromatic rings. The van der Waals surface area contributed by atoms with Gasteiger partial charge in [0, 0.05) is 61.7 Å². The van der Waals surface area contributed by atoms with E-state index in [9.17, 15) is 19.2 Å². The van der Waals surface area contributed by atoms with E-state index in [0.717, 1.165) is 45.0 Å². The van der Waals surface area contributed by atoms with Gasteiger partial charge in [-0.3, -0.25) is 39.6 Å². The number of nitrogens with one attached hydrogen (secondary N) is 3. The third-order valence-corrected chi connectivity index (χ3v) is 8.87. The van der Waals surface area contributed by atoms with Crippen LogP contribution in [0.1, 0.15) is 34.2 Å². The summed E-state index contributed by atoms with van der Waals surface area (Å²) in [5.41, 5.74) is 5.30. The Kier molecular flexibility index (Phi) is 9.71. The Morgan fingerprint density at radius 1 is 1.07 bits per heavy atom. The van der Waals surface area contributed by atoms with E-state index in [1.165, 1.54) is 0 Å². The van der Waals surface area contributed by atoms with Crippen molar-refractivity contribution in [2.75, 3.05) is 26.5 Å². The van der Waals surface area contributed by atoms with Gasteiger partial charge in [0.1, 0.15) is 11.8 Å². The molecule has 2 aromatic heterocycles. The molecule has 1 aliphatic rings. The molecule has 2 aromatic carbocycles. The number of aromatic amines is 1. The first kappa shape index (κ1) is 32.0. The number of carbonyl (C=O) groups excluding carboxylic acids is 4. The van der Waals surface area contributed by atoms with Crippen LogP contribution in [0.3, 0.4) is 0 Å². The van der Waals surface area contributed by atoms with Gasteiger partial charge in [-0.2, -0.15) is 5.10 Å². The minimum atomic E-state index is -0.893. The smallest absolute Gasteiger partial charge is 0.247 e. The average Bonchev–Trinajstić information content (AvgIpc) is 3.66. The van der Waals surface area contributed by atoms with Crippen molar-refractivity contribution in [3.8, 4) is 0 Å². The summed E-state index contributed by atoms with van der Waals surface area (Å²) in [7, 11) is 5.63. The summed E-state index contributed by atoms with van der Waals surface area (Å²) in [5, 5.41) is 13.8. The molecule has 0 bridgehead atoms. The summed E-state index contributed by atoms with van der Waals surface area (Å²) in [4.78, 5) is 57.3. The Labute approximate surface area is 266 Å². The Hall–Kier alpha value is -4.45. The van der Waals surface area contributed by atoms with Crippen LogP contribution in [0.15, 0.2) is 55.0 Å². The number of H-pyrrole nitrogens is 1. The highest BCUT2D eigenvalue weighted by Crippen LogP contribution is 2.36. The van der Waals surface area contributed by atoms with Gasteiger partial charge in [-0.1, -0.05) is 17.7 Å². The van der Waals surface area contributed by atoms with Crippen molar-refractivity contribution in [1.82, 2.24) is 30.3 Å². The number of carbonyl (C=O) groups is 4. The van der Waals surface area contributed by atoms with E-state index in [-0.39, 0.29) is 18.2 Å². The number of hydrogen-bond acceptors (Lipinski definition) is 8. The number of imide groups is 1. The number of benzene rings is 2. The topological polar surface area (TPSA) is 140 Å². The van der Waals surface area contributed by atoms with Crippen molar-refractivity contribution in [3.63, 3.8) is 0 Å². The SMILES string of the molecule is CN(Cc1ccncc1)Cc1c(CC(C=O)CC(=O)Nc2ccc3c(c2)CC(C(=O)NC=O)(N(C)C)C3)cc(Cl)c2[nH]ncc12. The van der Waals surface area contributed by atoms with E-state index in [2.05, 4.69) is 30.7 Å². The van der Waals surface area contributed by atoms with Crippen LogP contribution in [0.2, 0.25) is 5.02 Å². The Bertz CT molecular complexity index is 1730. The number of fused-ring (bicyclic) bond motifs is 2. The van der Waals surface area contributed by atoms with Crippen LogP contribution in [-0.4, -0.2) is 76.2 Å². The minimum Gasteiger partial charge on any atom is -0.326 e. The Morgan fingerprint density at radius 3 is 2.53 bits per heavy atom. The molecule has 0 saturated heterocycles. The van der Waals surface area contributed by atoms with Crippen LogP contribution in [-0.2, 0) is 51.5 Å². The molecule has 2 heterocycles. The molecule has 45 heavy (non-hydrogen) atoms. The molecule has 234 valence electrons. The van der Waals surface area contributed by atoms with Gasteiger partial charge in [0.05, 0.1) is 16.7 Å². The van der Waals surface area contributed by atoms with Gasteiger partial charge in [-0.25, -0.2) is 0 Å². The molecule has 3 N–H and O–H groups in total. The molecule has 1 aliphatic carbocycles. The molecule has 0 radical (unpaired) electrons. The standard InChI is InChI=1S/C33H36ClN7O4/c1-40(2)33(32(45)36-20-43)14-23-4-5-26(12-25(23)15-33)38-30(44)11-22(19-42)10-24-13-29(34)31-27(16-37-39-31)28(24)18-41(3)17-21-6-8-35-9-7-21/h4-9,12-13,16,19-20,22H,10-11,14-15,17-18H2,1-3H3,(H,37,39)(H,38,44)(H,36,43,45). The highest BCUT2D eigenvalue weighted by molar-refractivity contribution is 6.35. The van der Waals surface area contributed by atoms with Crippen molar-refractivity contribution in [1.29, 1.82) is 0 Å². The first-order valence-electron chi connectivity index (χ1n) is 14.6. The Balaban J connectivity index is 1.29. The number of amides is 3. The van der Waals surface area contributed by atoms with Crippen molar-refractivity contribution < 1.29 is 19.2 Å². The van der Waals surface area contributed by atoms with Crippen molar-refractivity contribution >= 4 is 52.7 Å². The fourth-order valence-corrected chi connectivity index (χ4v) is 6.45. The molecule has 3 amide bonds. The molecule has 0 saturated carbocycles. The summed E-state index contributed by atoms with van der Waals surface area (Å²) < 4.78 is 0. The summed E-state index contributed by atoms with van der Waals surface area (Å²) in [6.07, 6.45) is 7.64. The second kappa shape index (κ2) is 13.7. The van der Waals surface area contributed by atoms with Gasteiger partial charge in [0.2, 0.25) is 18.2 Å². The molecule has 0 aliphatic heterocycles. The predicted octanol–water partition coefficient (Wildman–Crippen LogP) is 3.30. The van der Waals surface area contributed by atoms with Gasteiger partial charge in [0.25, 0.3) is 0 Å². The van der Waals surface area contributed by atoms with Crippen LogP contribution >= 0.6 is 11.6 Å². The van der Waals surface area contributed by atoms with E-state index < -0.39 is 11.5 Å². The number of hydrogen-bond donors (Lipinski definition) is 3. The largest absolute Gasteiger partial charge is 0.326 e. The minimum absolute atomic E-state index is 0.0166. The second-order valence-electron chi connectivity index (χ2n) is 11.9. The van der Waals surface area contributed by atoms with Crippen LogP contribution in [0.4, 0.5) is 5.69 Å². The van der Waals surface area contributed by atoms with Gasteiger partial charge in [-0.15, -0.1) is 0 Å². The maximum absolute atomic E-state index is 13.2. The van der Waals surface area contributed by atoms with E-state index >= 15 is 0 Å². The number of anilines is 1. The fraction of sp³-hybridized carbons (Fsp3) is 0.333. The number of aldehydes is 1. The zero-order chi connectivity index (χ0) is 32.1. The molecule has 0 spiro atoms. The highest BCUT2D eigenvalue weighted by Gasteiger charge is 2.45. The lowest BCUT2D eigenvalue weighted by molar-refractivity contribution is -0.134. The number of nitrogens with zero attached hydrogens (tertiary/aromatic N) is 4. The lowest BCUT2D eigenvalue weighted by atomic mass is 9.92. The first-order chi connectivity index (χ1) is 21.6. The lowest BCUT2D eigenvalue weighted by Crippen LogP contribution is -2.56. The Morgan fingerprint density at radius 2 is 1.82 bits per heavy atom. The molecule has 11 nitrogen and oxygen atoms in total. The number of pyridine rings is 1. The molecular weight excluding hydrogens is 594 g/mol. The van der Waals surface area contributed by atoms with Gasteiger partial charge in [0.15, 0.2) is 0 Å². The number of aromatic nitrogens is 3. The zero-order valence-electron chi connectivity index (χ0n) is 25.5. The monoisotopic (exact) mass is 629 g/mol. The molecule has 0 fully saturated rings. The summed E-state index contributed by atoms with van der Waals surface area (Å²) in [6.45, 7) is 1.28. The second-order valence-corrected chi connectivity index (χ2v) is 12.3. The number of halogens is 1. The van der Waals surface area contributed by atoms with Crippen LogP contribution in [0.5, 0.6) is 0 Å². The van der Waals surface area contributed by atoms with E-state index in [1.54, 1.807) is 38.8 Å². The maximum atomic E-state index is 13.2.